The number of fused-ring (bicyclic) bond motifs is 3. The molecule has 3 aliphatic heterocycles. The number of H-pyrrole nitrogens is 1. The van der Waals surface area contributed by atoms with Gasteiger partial charge in [-0.15, -0.1) is 0 Å². The van der Waals surface area contributed by atoms with E-state index in [0.29, 0.717) is 50.7 Å². The van der Waals surface area contributed by atoms with Crippen molar-refractivity contribution in [2.45, 2.75) is 44.1 Å². The van der Waals surface area contributed by atoms with E-state index in [1.165, 1.54) is 0 Å². The predicted octanol–water partition coefficient (Wildman–Crippen LogP) is 5.65. The number of methoxy groups -OCH3 is 2. The van der Waals surface area contributed by atoms with Gasteiger partial charge in [-0.1, -0.05) is 47.5 Å². The van der Waals surface area contributed by atoms with Crippen molar-refractivity contribution in [3.8, 4) is 11.5 Å². The number of halogens is 2. The third-order valence-corrected chi connectivity index (χ3v) is 9.91. The Morgan fingerprint density at radius 1 is 0.980 bits per heavy atom. The SMILES string of the molecule is COc1ccc([C@H](Cc2c(Cl)c[nH+]cc2Cl)OC(=O)c2ccc(CNC(C(=O)O[C@H]3CN4CCC3CC4)c3cccnc3)cc2)cc1OC.[OH-]. The third kappa shape index (κ3) is 8.72. The number of ether oxygens (including phenoxy) is 4. The number of esters is 2. The van der Waals surface area contributed by atoms with E-state index >= 15 is 0 Å². The van der Waals surface area contributed by atoms with Crippen molar-refractivity contribution in [3.05, 3.63) is 117 Å². The lowest BCUT2D eigenvalue weighted by molar-refractivity contribution is -0.377. The van der Waals surface area contributed by atoms with Gasteiger partial charge in [0.15, 0.2) is 23.9 Å². The Morgan fingerprint density at radius 3 is 2.32 bits per heavy atom. The molecule has 2 aromatic carbocycles. The van der Waals surface area contributed by atoms with Gasteiger partial charge in [0.1, 0.15) is 28.3 Å². The number of aromatic amines is 1. The van der Waals surface area contributed by atoms with E-state index in [1.807, 2.05) is 24.3 Å². The molecule has 13 heteroatoms. The fourth-order valence-electron chi connectivity index (χ4n) is 6.46. The van der Waals surface area contributed by atoms with E-state index in [0.717, 1.165) is 43.6 Å². The minimum Gasteiger partial charge on any atom is -0.870 e. The highest BCUT2D eigenvalue weighted by atomic mass is 35.5. The minimum atomic E-state index is -0.742. The van der Waals surface area contributed by atoms with Gasteiger partial charge in [-0.3, -0.25) is 15.2 Å². The van der Waals surface area contributed by atoms with Gasteiger partial charge in [0.05, 0.1) is 19.8 Å². The Labute approximate surface area is 301 Å². The zero-order valence-corrected chi connectivity index (χ0v) is 29.3. The summed E-state index contributed by atoms with van der Waals surface area (Å²) in [4.78, 5) is 36.5. The number of pyridine rings is 2. The molecule has 0 aliphatic carbocycles. The summed E-state index contributed by atoms with van der Waals surface area (Å²) < 4.78 is 23.0. The highest BCUT2D eigenvalue weighted by Crippen LogP contribution is 2.35. The molecule has 1 unspecified atom stereocenters. The van der Waals surface area contributed by atoms with Crippen LogP contribution in [-0.4, -0.2) is 67.3 Å². The van der Waals surface area contributed by atoms with E-state index in [4.69, 9.17) is 42.1 Å². The Balaban J connectivity index is 0.00000486. The summed E-state index contributed by atoms with van der Waals surface area (Å²) in [6, 6.07) is 15.4. The first-order valence-corrected chi connectivity index (χ1v) is 17.0. The molecule has 3 fully saturated rings. The molecule has 3 saturated heterocycles. The third-order valence-electron chi connectivity index (χ3n) is 9.23. The van der Waals surface area contributed by atoms with Gasteiger partial charge in [0, 0.05) is 37.5 Å². The van der Waals surface area contributed by atoms with Crippen LogP contribution in [0.3, 0.4) is 0 Å². The molecule has 5 heterocycles. The summed E-state index contributed by atoms with van der Waals surface area (Å²) in [5.74, 6) is 0.605. The Kier molecular flexibility index (Phi) is 12.7. The summed E-state index contributed by atoms with van der Waals surface area (Å²) in [6.07, 6.45) is 8.09. The van der Waals surface area contributed by atoms with Crippen LogP contribution < -0.4 is 19.8 Å². The van der Waals surface area contributed by atoms with E-state index in [-0.39, 0.29) is 24.0 Å². The maximum absolute atomic E-state index is 13.5. The van der Waals surface area contributed by atoms with Crippen molar-refractivity contribution >= 4 is 35.1 Å². The standard InChI is InChI=1S/C37H38Cl2N4O6.H2O/c1-46-31-10-9-26(16-33(31)47-2)32(17-28-29(38)20-41-21-30(28)39)48-36(44)25-7-5-23(6-8-25)18-42-35(27-4-3-13-40-19-27)37(45)49-34-22-43-14-11-24(34)12-15-43;/h3-10,13,16,19-21,24,32,34-35,42H,11-12,14-15,17-18,22H2,1-2H3;1H2/t32-,34-,35?;/m0./s1. The highest BCUT2D eigenvalue weighted by molar-refractivity contribution is 6.35. The molecule has 264 valence electrons. The number of hydrogen-bond donors (Lipinski definition) is 1. The second-order valence-electron chi connectivity index (χ2n) is 12.3. The van der Waals surface area contributed by atoms with Crippen LogP contribution in [0.4, 0.5) is 0 Å². The lowest BCUT2D eigenvalue weighted by Crippen LogP contribution is -2.52. The first-order chi connectivity index (χ1) is 23.8. The number of hydrogen-bond acceptors (Lipinski definition) is 10. The highest BCUT2D eigenvalue weighted by Gasteiger charge is 2.38. The van der Waals surface area contributed by atoms with Crippen molar-refractivity contribution < 1.29 is 39.0 Å². The van der Waals surface area contributed by atoms with Crippen LogP contribution in [0.25, 0.3) is 0 Å². The zero-order chi connectivity index (χ0) is 34.3. The number of benzene rings is 2. The van der Waals surface area contributed by atoms with E-state index < -0.39 is 18.1 Å². The molecular weight excluding hydrogens is 683 g/mol. The average molecular weight is 724 g/mol. The topological polar surface area (TPSA) is 143 Å². The van der Waals surface area contributed by atoms with Crippen LogP contribution >= 0.6 is 23.2 Å². The van der Waals surface area contributed by atoms with Gasteiger partial charge in [0.25, 0.3) is 0 Å². The van der Waals surface area contributed by atoms with Gasteiger partial charge in [-0.2, -0.15) is 0 Å². The van der Waals surface area contributed by atoms with Crippen LogP contribution in [-0.2, 0) is 27.2 Å². The van der Waals surface area contributed by atoms with Gasteiger partial charge in [-0.05, 0) is 78.9 Å². The van der Waals surface area contributed by atoms with Crippen molar-refractivity contribution in [2.75, 3.05) is 33.9 Å². The van der Waals surface area contributed by atoms with Crippen LogP contribution in [0.15, 0.2) is 79.4 Å². The van der Waals surface area contributed by atoms with Gasteiger partial charge in [0.2, 0.25) is 0 Å². The second-order valence-corrected chi connectivity index (χ2v) is 13.1. The first-order valence-electron chi connectivity index (χ1n) is 16.2. The number of nitrogens with zero attached hydrogens (tertiary/aromatic N) is 2. The number of carbonyl (C=O) groups excluding carboxylic acids is 2. The summed E-state index contributed by atoms with van der Waals surface area (Å²) in [5, 5.41) is 4.19. The number of rotatable bonds is 13. The molecule has 3 N–H and O–H groups in total. The molecule has 0 saturated carbocycles. The van der Waals surface area contributed by atoms with Crippen molar-refractivity contribution in [2.24, 2.45) is 5.92 Å². The number of piperidine rings is 3. The summed E-state index contributed by atoms with van der Waals surface area (Å²) in [5.41, 5.74) is 3.27. The zero-order valence-electron chi connectivity index (χ0n) is 27.8. The summed E-state index contributed by atoms with van der Waals surface area (Å²) in [6.45, 7) is 3.28. The maximum Gasteiger partial charge on any atom is 0.338 e. The molecule has 3 atom stereocenters. The first kappa shape index (κ1) is 37.0. The molecule has 4 aromatic rings. The molecule has 2 bridgehead atoms. The summed E-state index contributed by atoms with van der Waals surface area (Å²) in [7, 11) is 3.10. The van der Waals surface area contributed by atoms with Crippen LogP contribution in [0, 0.1) is 5.92 Å². The van der Waals surface area contributed by atoms with Crippen LogP contribution in [0.2, 0.25) is 10.0 Å². The lowest BCUT2D eigenvalue weighted by atomic mass is 9.86. The quantitative estimate of drug-likeness (QED) is 0.172. The molecule has 0 amide bonds. The summed E-state index contributed by atoms with van der Waals surface area (Å²) >= 11 is 12.9. The number of aromatic nitrogens is 2. The maximum atomic E-state index is 13.5. The van der Waals surface area contributed by atoms with Crippen molar-refractivity contribution in [1.29, 1.82) is 0 Å². The smallest absolute Gasteiger partial charge is 0.338 e. The Hall–Kier alpha value is -4.26. The van der Waals surface area contributed by atoms with E-state index in [2.05, 4.69) is 20.2 Å². The van der Waals surface area contributed by atoms with Gasteiger partial charge >= 0.3 is 11.9 Å². The average Bonchev–Trinajstić information content (AvgIpc) is 3.13. The molecule has 7 rings (SSSR count). The normalized spacial score (nSPS) is 19.1. The number of carbonyl (C=O) groups is 2. The molecule has 2 aromatic heterocycles. The van der Waals surface area contributed by atoms with Crippen LogP contribution in [0.5, 0.6) is 11.5 Å². The van der Waals surface area contributed by atoms with E-state index in [9.17, 15) is 9.59 Å². The second kappa shape index (κ2) is 17.1. The van der Waals surface area contributed by atoms with Crippen molar-refractivity contribution in [3.63, 3.8) is 0 Å². The fraction of sp³-hybridized carbons (Fsp3) is 0.351. The Bertz CT molecular complexity index is 1730. The monoisotopic (exact) mass is 722 g/mol. The van der Waals surface area contributed by atoms with Gasteiger partial charge in [-0.25, -0.2) is 14.6 Å². The lowest BCUT2D eigenvalue weighted by Gasteiger charge is -2.44. The molecule has 0 radical (unpaired) electrons. The fourth-order valence-corrected chi connectivity index (χ4v) is 6.99. The molecule has 0 spiro atoms. The van der Waals surface area contributed by atoms with E-state index in [1.54, 1.807) is 69.3 Å². The molecule has 50 heavy (non-hydrogen) atoms. The predicted molar refractivity (Wildman–Crippen MR) is 186 cm³/mol. The van der Waals surface area contributed by atoms with Crippen molar-refractivity contribution in [1.82, 2.24) is 15.2 Å². The van der Waals surface area contributed by atoms with Crippen LogP contribution in [0.1, 0.15) is 57.6 Å². The molecular formula is C37H40Cl2N4O7. The van der Waals surface area contributed by atoms with Gasteiger partial charge < -0.3 is 24.4 Å². The molecule has 11 nitrogen and oxygen atoms in total. The number of nitrogens with one attached hydrogen (secondary N) is 2. The largest absolute Gasteiger partial charge is 0.870 e. The minimum absolute atomic E-state index is 0. The Morgan fingerprint density at radius 2 is 1.70 bits per heavy atom. The molecule has 3 aliphatic rings.